The van der Waals surface area contributed by atoms with E-state index >= 15 is 0 Å². The molecule has 0 saturated carbocycles. The number of nitrogens with two attached hydrogens (primary N) is 1. The molecule has 1 rings (SSSR count). The Labute approximate surface area is 99.4 Å². The zero-order valence-electron chi connectivity index (χ0n) is 10.7. The summed E-state index contributed by atoms with van der Waals surface area (Å²) in [6, 6.07) is 8.78. The molecule has 0 aliphatic rings. The smallest absolute Gasteiger partial charge is 0.00743 e. The van der Waals surface area contributed by atoms with E-state index in [9.17, 15) is 0 Å². The van der Waals surface area contributed by atoms with E-state index in [2.05, 4.69) is 57.2 Å². The van der Waals surface area contributed by atoms with E-state index in [-0.39, 0.29) is 5.41 Å². The topological polar surface area (TPSA) is 26.0 Å². The van der Waals surface area contributed by atoms with E-state index in [4.69, 9.17) is 5.73 Å². The summed E-state index contributed by atoms with van der Waals surface area (Å²) >= 11 is 0. The summed E-state index contributed by atoms with van der Waals surface area (Å²) in [5.41, 5.74) is 8.33. The molecule has 0 aliphatic carbocycles. The second-order valence-electron chi connectivity index (χ2n) is 5.21. The lowest BCUT2D eigenvalue weighted by Gasteiger charge is -2.18. The minimum atomic E-state index is 0.238. The average Bonchev–Trinajstić information content (AvgIpc) is 2.24. The van der Waals surface area contributed by atoms with Crippen molar-refractivity contribution in [1.82, 2.24) is 0 Å². The van der Waals surface area contributed by atoms with Gasteiger partial charge in [-0.1, -0.05) is 57.2 Å². The van der Waals surface area contributed by atoms with Crippen LogP contribution in [-0.2, 0) is 5.41 Å². The van der Waals surface area contributed by atoms with Crippen LogP contribution < -0.4 is 5.73 Å². The molecule has 1 aromatic carbocycles. The van der Waals surface area contributed by atoms with Crippen LogP contribution in [0.4, 0.5) is 0 Å². The van der Waals surface area contributed by atoms with Crippen LogP contribution in [-0.4, -0.2) is 6.54 Å². The van der Waals surface area contributed by atoms with Gasteiger partial charge in [0, 0.05) is 0 Å². The molecule has 0 fully saturated rings. The van der Waals surface area contributed by atoms with Gasteiger partial charge in [-0.3, -0.25) is 0 Å². The second kappa shape index (κ2) is 5.86. The molecule has 88 valence electrons. The summed E-state index contributed by atoms with van der Waals surface area (Å²) in [7, 11) is 0. The molecule has 0 saturated heterocycles. The first kappa shape index (κ1) is 13.0. The molecule has 0 amide bonds. The third-order valence-electron chi connectivity index (χ3n) is 2.66. The summed E-state index contributed by atoms with van der Waals surface area (Å²) in [5, 5.41) is 0. The first-order valence-corrected chi connectivity index (χ1v) is 6.01. The van der Waals surface area contributed by atoms with Crippen LogP contribution in [0.2, 0.25) is 0 Å². The summed E-state index contributed by atoms with van der Waals surface area (Å²) in [4.78, 5) is 0. The van der Waals surface area contributed by atoms with Crippen molar-refractivity contribution in [2.24, 2.45) is 5.73 Å². The number of hydrogen-bond donors (Lipinski definition) is 1. The summed E-state index contributed by atoms with van der Waals surface area (Å²) in [6.07, 6.45) is 6.50. The SMILES string of the molecule is CC(C)(C)c1ccc(/C=C/CCCN)cc1. The Kier molecular flexibility index (Phi) is 4.75. The molecule has 2 N–H and O–H groups in total. The van der Waals surface area contributed by atoms with Gasteiger partial charge in [0.05, 0.1) is 0 Å². The van der Waals surface area contributed by atoms with E-state index in [1.807, 2.05) is 0 Å². The molecule has 0 radical (unpaired) electrons. The Hall–Kier alpha value is -1.08. The van der Waals surface area contributed by atoms with Gasteiger partial charge in [-0.25, -0.2) is 0 Å². The van der Waals surface area contributed by atoms with Crippen LogP contribution in [0.3, 0.4) is 0 Å². The second-order valence-corrected chi connectivity index (χ2v) is 5.21. The fraction of sp³-hybridized carbons (Fsp3) is 0.467. The molecule has 1 heteroatoms. The van der Waals surface area contributed by atoms with Crippen LogP contribution in [0.15, 0.2) is 30.3 Å². The summed E-state index contributed by atoms with van der Waals surface area (Å²) in [6.45, 7) is 7.48. The highest BCUT2D eigenvalue weighted by atomic mass is 14.5. The van der Waals surface area contributed by atoms with Crippen molar-refractivity contribution in [3.05, 3.63) is 41.5 Å². The van der Waals surface area contributed by atoms with Crippen LogP contribution in [0.1, 0.15) is 44.7 Å². The molecule has 0 heterocycles. The predicted molar refractivity (Wildman–Crippen MR) is 72.5 cm³/mol. The Morgan fingerprint density at radius 2 is 1.75 bits per heavy atom. The largest absolute Gasteiger partial charge is 0.330 e. The molecule has 0 aromatic heterocycles. The van der Waals surface area contributed by atoms with E-state index in [1.165, 1.54) is 11.1 Å². The maximum absolute atomic E-state index is 5.44. The highest BCUT2D eigenvalue weighted by Gasteiger charge is 2.12. The molecule has 0 unspecified atom stereocenters. The lowest BCUT2D eigenvalue weighted by Crippen LogP contribution is -2.10. The van der Waals surface area contributed by atoms with Gasteiger partial charge in [0.2, 0.25) is 0 Å². The summed E-state index contributed by atoms with van der Waals surface area (Å²) in [5.74, 6) is 0. The van der Waals surface area contributed by atoms with Gasteiger partial charge >= 0.3 is 0 Å². The molecule has 0 spiro atoms. The number of rotatable bonds is 4. The Bertz CT molecular complexity index is 327. The van der Waals surface area contributed by atoms with Gasteiger partial charge in [0.25, 0.3) is 0 Å². The molecule has 0 atom stereocenters. The number of allylic oxidation sites excluding steroid dienone is 1. The monoisotopic (exact) mass is 217 g/mol. The van der Waals surface area contributed by atoms with Crippen LogP contribution in [0.5, 0.6) is 0 Å². The molecular weight excluding hydrogens is 194 g/mol. The quantitative estimate of drug-likeness (QED) is 0.764. The highest BCUT2D eigenvalue weighted by Crippen LogP contribution is 2.22. The van der Waals surface area contributed by atoms with Gasteiger partial charge in [0.15, 0.2) is 0 Å². The Balaban J connectivity index is 2.61. The predicted octanol–water partition coefficient (Wildman–Crippen LogP) is 3.74. The lowest BCUT2D eigenvalue weighted by molar-refractivity contribution is 0.590. The van der Waals surface area contributed by atoms with E-state index in [1.54, 1.807) is 0 Å². The third-order valence-corrected chi connectivity index (χ3v) is 2.66. The molecule has 1 aromatic rings. The van der Waals surface area contributed by atoms with Crippen LogP contribution in [0.25, 0.3) is 6.08 Å². The Morgan fingerprint density at radius 1 is 1.12 bits per heavy atom. The normalized spacial score (nSPS) is 12.2. The number of hydrogen-bond acceptors (Lipinski definition) is 1. The maximum Gasteiger partial charge on any atom is -0.00743 e. The fourth-order valence-electron chi connectivity index (χ4n) is 1.55. The van der Waals surface area contributed by atoms with Crippen molar-refractivity contribution in [1.29, 1.82) is 0 Å². The first-order valence-electron chi connectivity index (χ1n) is 6.01. The van der Waals surface area contributed by atoms with Gasteiger partial charge in [-0.05, 0) is 35.9 Å². The van der Waals surface area contributed by atoms with Gasteiger partial charge in [-0.15, -0.1) is 0 Å². The number of benzene rings is 1. The van der Waals surface area contributed by atoms with Crippen molar-refractivity contribution in [3.8, 4) is 0 Å². The van der Waals surface area contributed by atoms with Crippen LogP contribution >= 0.6 is 0 Å². The fourth-order valence-corrected chi connectivity index (χ4v) is 1.55. The van der Waals surface area contributed by atoms with Crippen molar-refractivity contribution in [3.63, 3.8) is 0 Å². The highest BCUT2D eigenvalue weighted by molar-refractivity contribution is 5.50. The molecular formula is C15H23N. The van der Waals surface area contributed by atoms with E-state index in [0.29, 0.717) is 0 Å². The average molecular weight is 217 g/mol. The summed E-state index contributed by atoms with van der Waals surface area (Å²) < 4.78 is 0. The van der Waals surface area contributed by atoms with Crippen LogP contribution in [0, 0.1) is 0 Å². The third kappa shape index (κ3) is 4.19. The Morgan fingerprint density at radius 3 is 2.25 bits per heavy atom. The van der Waals surface area contributed by atoms with Crippen molar-refractivity contribution in [2.45, 2.75) is 39.0 Å². The lowest BCUT2D eigenvalue weighted by atomic mass is 9.87. The molecule has 0 bridgehead atoms. The van der Waals surface area contributed by atoms with Crippen molar-refractivity contribution < 1.29 is 0 Å². The van der Waals surface area contributed by atoms with Crippen molar-refractivity contribution in [2.75, 3.05) is 6.54 Å². The molecule has 1 nitrogen and oxygen atoms in total. The first-order chi connectivity index (χ1) is 7.54. The van der Waals surface area contributed by atoms with Gasteiger partial charge in [0.1, 0.15) is 0 Å². The zero-order chi connectivity index (χ0) is 12.0. The minimum Gasteiger partial charge on any atom is -0.330 e. The zero-order valence-corrected chi connectivity index (χ0v) is 10.7. The number of unbranched alkanes of at least 4 members (excludes halogenated alkanes) is 1. The van der Waals surface area contributed by atoms with Gasteiger partial charge in [-0.2, -0.15) is 0 Å². The van der Waals surface area contributed by atoms with Crippen molar-refractivity contribution >= 4 is 6.08 Å². The standard InChI is InChI=1S/C15H23N/c1-15(2,3)14-10-8-13(9-11-14)7-5-4-6-12-16/h5,7-11H,4,6,12,16H2,1-3H3/b7-5+. The van der Waals surface area contributed by atoms with E-state index < -0.39 is 0 Å². The van der Waals surface area contributed by atoms with Gasteiger partial charge < -0.3 is 5.73 Å². The maximum atomic E-state index is 5.44. The minimum absolute atomic E-state index is 0.238. The van der Waals surface area contributed by atoms with E-state index in [0.717, 1.165) is 19.4 Å². The molecule has 16 heavy (non-hydrogen) atoms. The molecule has 0 aliphatic heterocycles.